The van der Waals surface area contributed by atoms with Gasteiger partial charge in [0.15, 0.2) is 5.65 Å². The van der Waals surface area contributed by atoms with Crippen LogP contribution in [0.5, 0.6) is 0 Å². The van der Waals surface area contributed by atoms with Crippen LogP contribution in [0.1, 0.15) is 5.56 Å². The van der Waals surface area contributed by atoms with Gasteiger partial charge in [0.1, 0.15) is 5.82 Å². The highest BCUT2D eigenvalue weighted by Gasteiger charge is 2.15. The predicted molar refractivity (Wildman–Crippen MR) is 127 cm³/mol. The largest absolute Gasteiger partial charge is 0.379 e. The van der Waals surface area contributed by atoms with E-state index < -0.39 is 0 Å². The topological polar surface area (TPSA) is 80.1 Å². The summed E-state index contributed by atoms with van der Waals surface area (Å²) < 4.78 is 7.29. The number of fused-ring (bicyclic) bond motifs is 1. The van der Waals surface area contributed by atoms with Crippen LogP contribution in [-0.2, 0) is 4.74 Å². The van der Waals surface area contributed by atoms with Crippen LogP contribution in [0.15, 0.2) is 60.8 Å². The fourth-order valence-electron chi connectivity index (χ4n) is 3.85. The van der Waals surface area contributed by atoms with E-state index in [4.69, 9.17) is 14.7 Å². The highest BCUT2D eigenvalue weighted by molar-refractivity contribution is 5.90. The molecule has 3 heterocycles. The Hall–Kier alpha value is -3.49. The second-order valence-electron chi connectivity index (χ2n) is 7.90. The molecule has 0 aliphatic carbocycles. The van der Waals surface area contributed by atoms with Gasteiger partial charge in [0.2, 0.25) is 5.95 Å². The minimum atomic E-state index is 0.582. The number of hydrogen-bond donors (Lipinski definition) is 2. The van der Waals surface area contributed by atoms with Gasteiger partial charge in [0.25, 0.3) is 0 Å². The SMILES string of the molecule is Cc1cccc(Nc2nc(NCCN3CCOCC3)nc3c2cnn3-c2ccccc2)c1. The molecule has 1 saturated heterocycles. The van der Waals surface area contributed by atoms with Gasteiger partial charge < -0.3 is 15.4 Å². The molecule has 0 radical (unpaired) electrons. The molecule has 0 spiro atoms. The molecule has 0 amide bonds. The third-order valence-corrected chi connectivity index (χ3v) is 5.52. The molecule has 1 aliphatic heterocycles. The zero-order valence-electron chi connectivity index (χ0n) is 18.2. The number of rotatable bonds is 7. The van der Waals surface area contributed by atoms with E-state index in [0.717, 1.165) is 67.6 Å². The minimum Gasteiger partial charge on any atom is -0.379 e. The number of nitrogens with zero attached hydrogens (tertiary/aromatic N) is 5. The first kappa shape index (κ1) is 20.4. The van der Waals surface area contributed by atoms with Crippen molar-refractivity contribution >= 4 is 28.5 Å². The number of aromatic nitrogens is 4. The van der Waals surface area contributed by atoms with Gasteiger partial charge in [-0.05, 0) is 36.8 Å². The van der Waals surface area contributed by atoms with E-state index in [1.165, 1.54) is 5.56 Å². The normalized spacial score (nSPS) is 14.5. The van der Waals surface area contributed by atoms with E-state index in [-0.39, 0.29) is 0 Å². The summed E-state index contributed by atoms with van der Waals surface area (Å²) in [6, 6.07) is 18.3. The van der Waals surface area contributed by atoms with Crippen LogP contribution in [0.25, 0.3) is 16.7 Å². The Morgan fingerprint density at radius 1 is 1.00 bits per heavy atom. The van der Waals surface area contributed by atoms with E-state index in [1.54, 1.807) is 0 Å². The molecular weight excluding hydrogens is 402 g/mol. The van der Waals surface area contributed by atoms with Gasteiger partial charge in [0, 0.05) is 31.9 Å². The minimum absolute atomic E-state index is 0.582. The molecule has 164 valence electrons. The van der Waals surface area contributed by atoms with Crippen molar-refractivity contribution in [1.82, 2.24) is 24.6 Å². The summed E-state index contributed by atoms with van der Waals surface area (Å²) in [7, 11) is 0. The first-order valence-corrected chi connectivity index (χ1v) is 11.0. The Labute approximate surface area is 187 Å². The molecule has 0 atom stereocenters. The van der Waals surface area contributed by atoms with Crippen LogP contribution in [0.2, 0.25) is 0 Å². The molecule has 0 bridgehead atoms. The van der Waals surface area contributed by atoms with Crippen LogP contribution < -0.4 is 10.6 Å². The van der Waals surface area contributed by atoms with Crippen molar-refractivity contribution in [1.29, 1.82) is 0 Å². The zero-order valence-corrected chi connectivity index (χ0v) is 18.2. The predicted octanol–water partition coefficient (Wildman–Crippen LogP) is 3.61. The molecule has 5 rings (SSSR count). The Balaban J connectivity index is 1.46. The Morgan fingerprint density at radius 2 is 1.84 bits per heavy atom. The molecule has 1 aliphatic rings. The molecule has 2 aromatic carbocycles. The lowest BCUT2D eigenvalue weighted by Crippen LogP contribution is -2.39. The number of anilines is 3. The van der Waals surface area contributed by atoms with E-state index in [9.17, 15) is 0 Å². The Bertz CT molecular complexity index is 1190. The van der Waals surface area contributed by atoms with Crippen molar-refractivity contribution in [2.24, 2.45) is 0 Å². The van der Waals surface area contributed by atoms with Gasteiger partial charge in [0.05, 0.1) is 30.5 Å². The Kier molecular flexibility index (Phi) is 5.96. The zero-order chi connectivity index (χ0) is 21.8. The number of nitrogens with one attached hydrogen (secondary N) is 2. The van der Waals surface area contributed by atoms with Crippen LogP contribution in [0.3, 0.4) is 0 Å². The maximum atomic E-state index is 5.43. The van der Waals surface area contributed by atoms with Crippen molar-refractivity contribution in [2.45, 2.75) is 6.92 Å². The molecular formula is C24H27N7O. The van der Waals surface area contributed by atoms with Crippen molar-refractivity contribution in [3.8, 4) is 5.69 Å². The van der Waals surface area contributed by atoms with Gasteiger partial charge in [-0.25, -0.2) is 4.68 Å². The van der Waals surface area contributed by atoms with Gasteiger partial charge in [-0.3, -0.25) is 4.90 Å². The maximum Gasteiger partial charge on any atom is 0.226 e. The Morgan fingerprint density at radius 3 is 2.66 bits per heavy atom. The first-order valence-electron chi connectivity index (χ1n) is 11.0. The summed E-state index contributed by atoms with van der Waals surface area (Å²) in [5.41, 5.74) is 3.89. The third kappa shape index (κ3) is 4.56. The second kappa shape index (κ2) is 9.33. The van der Waals surface area contributed by atoms with E-state index >= 15 is 0 Å². The van der Waals surface area contributed by atoms with Gasteiger partial charge >= 0.3 is 0 Å². The molecule has 32 heavy (non-hydrogen) atoms. The molecule has 2 aromatic heterocycles. The molecule has 4 aromatic rings. The third-order valence-electron chi connectivity index (χ3n) is 5.52. The molecule has 8 heteroatoms. The first-order chi connectivity index (χ1) is 15.8. The fourth-order valence-corrected chi connectivity index (χ4v) is 3.85. The number of aryl methyl sites for hydroxylation is 1. The quantitative estimate of drug-likeness (QED) is 0.464. The standard InChI is InChI=1S/C24H27N7O/c1-18-6-5-7-19(16-18)27-22-21-17-26-31(20-8-3-2-4-9-20)23(21)29-24(28-22)25-10-11-30-12-14-32-15-13-30/h2-9,16-17H,10-15H2,1H3,(H2,25,27,28,29). The molecule has 0 unspecified atom stereocenters. The lowest BCUT2D eigenvalue weighted by molar-refractivity contribution is 0.0398. The highest BCUT2D eigenvalue weighted by atomic mass is 16.5. The van der Waals surface area contributed by atoms with Crippen LogP contribution in [0, 0.1) is 6.92 Å². The fraction of sp³-hybridized carbons (Fsp3) is 0.292. The van der Waals surface area contributed by atoms with Gasteiger partial charge in [-0.1, -0.05) is 30.3 Å². The average Bonchev–Trinajstić information content (AvgIpc) is 3.25. The van der Waals surface area contributed by atoms with Crippen molar-refractivity contribution < 1.29 is 4.74 Å². The van der Waals surface area contributed by atoms with Crippen molar-refractivity contribution in [2.75, 3.05) is 50.0 Å². The van der Waals surface area contributed by atoms with Crippen LogP contribution in [-0.4, -0.2) is 64.0 Å². The van der Waals surface area contributed by atoms with E-state index in [1.807, 2.05) is 53.3 Å². The van der Waals surface area contributed by atoms with Gasteiger partial charge in [-0.2, -0.15) is 15.1 Å². The van der Waals surface area contributed by atoms with Crippen LogP contribution in [0.4, 0.5) is 17.5 Å². The van der Waals surface area contributed by atoms with Crippen LogP contribution >= 0.6 is 0 Å². The average molecular weight is 430 g/mol. The molecule has 1 fully saturated rings. The summed E-state index contributed by atoms with van der Waals surface area (Å²) in [6.07, 6.45) is 1.82. The lowest BCUT2D eigenvalue weighted by atomic mass is 10.2. The monoisotopic (exact) mass is 429 g/mol. The second-order valence-corrected chi connectivity index (χ2v) is 7.90. The van der Waals surface area contributed by atoms with Gasteiger partial charge in [-0.15, -0.1) is 0 Å². The summed E-state index contributed by atoms with van der Waals surface area (Å²) in [6.45, 7) is 7.27. The summed E-state index contributed by atoms with van der Waals surface area (Å²) >= 11 is 0. The number of morpholine rings is 1. The van der Waals surface area contributed by atoms with Crippen molar-refractivity contribution in [3.05, 3.63) is 66.4 Å². The van der Waals surface area contributed by atoms with Crippen molar-refractivity contribution in [3.63, 3.8) is 0 Å². The van der Waals surface area contributed by atoms with E-state index in [2.05, 4.69) is 39.7 Å². The number of ether oxygens (including phenoxy) is 1. The molecule has 0 saturated carbocycles. The summed E-state index contributed by atoms with van der Waals surface area (Å²) in [5.74, 6) is 1.32. The number of para-hydroxylation sites is 1. The number of benzene rings is 2. The van der Waals surface area contributed by atoms with E-state index in [0.29, 0.717) is 5.95 Å². The maximum absolute atomic E-state index is 5.43. The highest BCUT2D eigenvalue weighted by Crippen LogP contribution is 2.27. The molecule has 8 nitrogen and oxygen atoms in total. The molecule has 2 N–H and O–H groups in total. The number of hydrogen-bond acceptors (Lipinski definition) is 7. The lowest BCUT2D eigenvalue weighted by Gasteiger charge is -2.26. The summed E-state index contributed by atoms with van der Waals surface area (Å²) in [4.78, 5) is 12.0. The summed E-state index contributed by atoms with van der Waals surface area (Å²) in [5, 5.41) is 12.3. The smallest absolute Gasteiger partial charge is 0.226 e.